The monoisotopic (exact) mass is 618 g/mol. The Morgan fingerprint density at radius 1 is 0.822 bits per heavy atom. The van der Waals surface area contributed by atoms with Gasteiger partial charge in [0.2, 0.25) is 0 Å². The molecule has 4 saturated carbocycles. The summed E-state index contributed by atoms with van der Waals surface area (Å²) in [5.74, 6) is 4.82. The van der Waals surface area contributed by atoms with Crippen molar-refractivity contribution >= 4 is 11.9 Å². The second kappa shape index (κ2) is 11.5. The lowest BCUT2D eigenvalue weighted by Gasteiger charge is -2.59. The fourth-order valence-corrected chi connectivity index (χ4v) is 7.46. The molecule has 7 rings (SSSR count). The zero-order chi connectivity index (χ0) is 31.9. The number of benzene rings is 3. The maximum Gasteiger partial charge on any atom is 0.573 e. The minimum absolute atomic E-state index is 0.00278. The lowest BCUT2D eigenvalue weighted by atomic mass is 9.48. The largest absolute Gasteiger partial charge is 0.573 e. The van der Waals surface area contributed by atoms with Gasteiger partial charge in [-0.2, -0.15) is 0 Å². The van der Waals surface area contributed by atoms with Crippen molar-refractivity contribution < 1.29 is 41.7 Å². The Labute approximate surface area is 259 Å². The third-order valence-electron chi connectivity index (χ3n) is 8.76. The van der Waals surface area contributed by atoms with Gasteiger partial charge in [-0.15, -0.1) is 13.2 Å². The number of alkyl halides is 3. The highest BCUT2D eigenvalue weighted by Crippen LogP contribution is 2.63. The van der Waals surface area contributed by atoms with E-state index in [0.717, 1.165) is 12.5 Å². The summed E-state index contributed by atoms with van der Waals surface area (Å²) in [4.78, 5) is 27.2. The minimum atomic E-state index is -4.98. The lowest BCUT2D eigenvalue weighted by Crippen LogP contribution is -2.60. The predicted octanol–water partition coefficient (Wildman–Crippen LogP) is 7.90. The fourth-order valence-electron chi connectivity index (χ4n) is 7.46. The molecule has 0 radical (unpaired) electrons. The van der Waals surface area contributed by atoms with Gasteiger partial charge in [0.15, 0.2) is 17.1 Å². The lowest BCUT2D eigenvalue weighted by molar-refractivity contribution is -0.275. The maximum absolute atomic E-state index is 13.6. The van der Waals surface area contributed by atoms with Crippen molar-refractivity contribution in [3.05, 3.63) is 90.0 Å². The predicted molar refractivity (Wildman–Crippen MR) is 158 cm³/mol. The van der Waals surface area contributed by atoms with Crippen LogP contribution in [0.25, 0.3) is 0 Å². The molecule has 4 aliphatic rings. The highest BCUT2D eigenvalue weighted by Gasteiger charge is 2.63. The number of hydrogen-bond acceptors (Lipinski definition) is 6. The van der Waals surface area contributed by atoms with Crippen molar-refractivity contribution in [3.63, 3.8) is 0 Å². The molecule has 4 bridgehead atoms. The molecule has 0 aromatic heterocycles. The number of esters is 2. The molecule has 0 heterocycles. The first-order valence-corrected chi connectivity index (χ1v) is 15.0. The van der Waals surface area contributed by atoms with Crippen molar-refractivity contribution in [1.29, 1.82) is 0 Å². The van der Waals surface area contributed by atoms with Gasteiger partial charge in [0.05, 0.1) is 11.0 Å². The molecular formula is C36H33F3O6. The highest BCUT2D eigenvalue weighted by molar-refractivity contribution is 5.91. The van der Waals surface area contributed by atoms with Crippen LogP contribution in [0.1, 0.15) is 68.3 Å². The van der Waals surface area contributed by atoms with Crippen LogP contribution < -0.4 is 14.2 Å². The molecule has 45 heavy (non-hydrogen) atoms. The molecule has 0 aliphatic heterocycles. The van der Waals surface area contributed by atoms with Gasteiger partial charge in [-0.05, 0) is 100 Å². The molecule has 2 unspecified atom stereocenters. The van der Waals surface area contributed by atoms with Crippen LogP contribution in [-0.2, 0) is 9.53 Å². The van der Waals surface area contributed by atoms with E-state index in [9.17, 15) is 22.8 Å². The van der Waals surface area contributed by atoms with Gasteiger partial charge in [0, 0.05) is 12.0 Å². The Hall–Kier alpha value is -4.45. The molecule has 0 saturated heterocycles. The van der Waals surface area contributed by atoms with Crippen LogP contribution >= 0.6 is 0 Å². The molecular weight excluding hydrogens is 585 g/mol. The van der Waals surface area contributed by atoms with Crippen LogP contribution in [-0.4, -0.2) is 29.5 Å². The molecule has 0 N–H and O–H groups in total. The van der Waals surface area contributed by atoms with Crippen LogP contribution in [0.3, 0.4) is 0 Å². The molecule has 3 aromatic carbocycles. The summed E-state index contributed by atoms with van der Waals surface area (Å²) in [5.41, 5.74) is -2.17. The zero-order valence-electron chi connectivity index (χ0n) is 25.0. The van der Waals surface area contributed by atoms with Crippen LogP contribution in [0.2, 0.25) is 0 Å². The maximum atomic E-state index is 13.6. The number of ether oxygens (including phenoxy) is 4. The fraction of sp³-hybridized carbons (Fsp3) is 0.389. The van der Waals surface area contributed by atoms with Gasteiger partial charge in [0.25, 0.3) is 0 Å². The number of rotatable bonds is 7. The second-order valence-electron chi connectivity index (χ2n) is 13.0. The molecule has 6 nitrogen and oxygen atoms in total. The van der Waals surface area contributed by atoms with E-state index < -0.39 is 34.7 Å². The van der Waals surface area contributed by atoms with Gasteiger partial charge < -0.3 is 18.9 Å². The van der Waals surface area contributed by atoms with E-state index in [4.69, 9.17) is 14.2 Å². The smallest absolute Gasteiger partial charge is 0.471 e. The molecule has 2 atom stereocenters. The van der Waals surface area contributed by atoms with Crippen molar-refractivity contribution in [3.8, 4) is 29.1 Å². The molecule has 3 aromatic rings. The van der Waals surface area contributed by atoms with Gasteiger partial charge in [-0.1, -0.05) is 48.2 Å². The molecule has 0 amide bonds. The SMILES string of the molecule is CC(C)(C#Cc1ccccc1)Oc1cc(C(=O)OC23CC4CC(C2)CC(C(=O)Oc2ccccc2)(C4)C3)ccc1OC(F)(F)F. The van der Waals surface area contributed by atoms with Crippen LogP contribution in [0.4, 0.5) is 13.2 Å². The summed E-state index contributed by atoms with van der Waals surface area (Å²) >= 11 is 0. The van der Waals surface area contributed by atoms with E-state index >= 15 is 0 Å². The number of hydrogen-bond donors (Lipinski definition) is 0. The Balaban J connectivity index is 1.24. The first kappa shape index (κ1) is 30.6. The van der Waals surface area contributed by atoms with E-state index in [2.05, 4.69) is 16.6 Å². The molecule has 4 fully saturated rings. The van der Waals surface area contributed by atoms with E-state index in [1.807, 2.05) is 24.3 Å². The average Bonchev–Trinajstić information content (AvgIpc) is 2.96. The van der Waals surface area contributed by atoms with E-state index in [1.54, 1.807) is 50.2 Å². The molecule has 9 heteroatoms. The summed E-state index contributed by atoms with van der Waals surface area (Å²) in [6.07, 6.45) is -1.09. The summed E-state index contributed by atoms with van der Waals surface area (Å²) < 4.78 is 62.0. The summed E-state index contributed by atoms with van der Waals surface area (Å²) in [6, 6.07) is 21.4. The zero-order valence-corrected chi connectivity index (χ0v) is 25.0. The second-order valence-corrected chi connectivity index (χ2v) is 13.0. The summed E-state index contributed by atoms with van der Waals surface area (Å²) in [6.45, 7) is 3.21. The van der Waals surface area contributed by atoms with Crippen molar-refractivity contribution in [2.45, 2.75) is 69.9 Å². The normalized spacial score (nSPS) is 25.1. The van der Waals surface area contributed by atoms with E-state index in [-0.39, 0.29) is 29.1 Å². The number of halogens is 3. The first-order valence-electron chi connectivity index (χ1n) is 15.0. The number of carbonyl (C=O) groups excluding carboxylic acids is 2. The van der Waals surface area contributed by atoms with Gasteiger partial charge in [-0.3, -0.25) is 4.79 Å². The van der Waals surface area contributed by atoms with Gasteiger partial charge >= 0.3 is 18.3 Å². The van der Waals surface area contributed by atoms with Crippen molar-refractivity contribution in [2.24, 2.45) is 17.3 Å². The Morgan fingerprint density at radius 3 is 2.11 bits per heavy atom. The number of para-hydroxylation sites is 1. The highest BCUT2D eigenvalue weighted by atomic mass is 19.4. The summed E-state index contributed by atoms with van der Waals surface area (Å²) in [7, 11) is 0. The first-order chi connectivity index (χ1) is 21.3. The standard InChI is InChI=1S/C36H33F3O6/c1-33(2,16-15-24-9-5-3-6-10-24)43-30-18-27(13-14-29(30)44-36(37,38)39)31(40)45-35-21-25-17-26(22-35)20-34(19-25,23-35)32(41)42-28-11-7-4-8-12-28/h3-14,18,25-26H,17,19-23H2,1-2H3. The third kappa shape index (κ3) is 6.95. The van der Waals surface area contributed by atoms with Crippen LogP contribution in [0.5, 0.6) is 17.2 Å². The quantitative estimate of drug-likeness (QED) is 0.152. The Kier molecular flexibility index (Phi) is 7.80. The third-order valence-corrected chi connectivity index (χ3v) is 8.76. The summed E-state index contributed by atoms with van der Waals surface area (Å²) in [5, 5.41) is 0. The Bertz CT molecular complexity index is 1620. The topological polar surface area (TPSA) is 71.1 Å². The molecule has 234 valence electrons. The van der Waals surface area contributed by atoms with E-state index in [0.29, 0.717) is 43.4 Å². The number of carbonyl (C=O) groups is 2. The molecule has 4 aliphatic carbocycles. The Morgan fingerprint density at radius 2 is 1.47 bits per heavy atom. The molecule has 0 spiro atoms. The minimum Gasteiger partial charge on any atom is -0.471 e. The van der Waals surface area contributed by atoms with Gasteiger partial charge in [0.1, 0.15) is 11.4 Å². The van der Waals surface area contributed by atoms with Crippen molar-refractivity contribution in [2.75, 3.05) is 0 Å². The van der Waals surface area contributed by atoms with Crippen LogP contribution in [0, 0.1) is 29.1 Å². The van der Waals surface area contributed by atoms with Crippen molar-refractivity contribution in [1.82, 2.24) is 0 Å². The van der Waals surface area contributed by atoms with Crippen LogP contribution in [0.15, 0.2) is 78.9 Å². The van der Waals surface area contributed by atoms with Gasteiger partial charge in [-0.25, -0.2) is 4.79 Å². The van der Waals surface area contributed by atoms with E-state index in [1.165, 1.54) is 12.1 Å². The average molecular weight is 619 g/mol.